The zero-order valence-corrected chi connectivity index (χ0v) is 12.7. The second-order valence-corrected chi connectivity index (χ2v) is 8.38. The average molecular weight is 276 g/mol. The first kappa shape index (κ1) is 13.1. The molecule has 3 heteroatoms. The molecule has 20 heavy (non-hydrogen) atoms. The molecule has 3 nitrogen and oxygen atoms in total. The summed E-state index contributed by atoms with van der Waals surface area (Å²) in [5.74, 6) is 3.59. The minimum Gasteiger partial charge on any atom is -0.341 e. The fourth-order valence-electron chi connectivity index (χ4n) is 5.99. The molecule has 1 heterocycles. The van der Waals surface area contributed by atoms with Crippen LogP contribution in [0.25, 0.3) is 0 Å². The fourth-order valence-corrected chi connectivity index (χ4v) is 5.99. The Kier molecular flexibility index (Phi) is 2.93. The van der Waals surface area contributed by atoms with E-state index in [1.165, 1.54) is 38.5 Å². The number of amides is 1. The summed E-state index contributed by atoms with van der Waals surface area (Å²) in [5.41, 5.74) is 6.23. The zero-order chi connectivity index (χ0) is 13.9. The number of carbonyl (C=O) groups is 1. The van der Waals surface area contributed by atoms with E-state index >= 15 is 0 Å². The van der Waals surface area contributed by atoms with Gasteiger partial charge in [0.1, 0.15) is 0 Å². The Bertz CT molecular complexity index is 384. The lowest BCUT2D eigenvalue weighted by Gasteiger charge is -2.57. The van der Waals surface area contributed by atoms with Crippen LogP contribution in [0.3, 0.4) is 0 Å². The maximum atomic E-state index is 13.2. The van der Waals surface area contributed by atoms with Gasteiger partial charge < -0.3 is 10.6 Å². The van der Waals surface area contributed by atoms with E-state index in [0.29, 0.717) is 11.8 Å². The molecule has 1 amide bonds. The Labute approximate surface area is 122 Å². The summed E-state index contributed by atoms with van der Waals surface area (Å²) in [4.78, 5) is 15.3. The Morgan fingerprint density at radius 1 is 1.10 bits per heavy atom. The van der Waals surface area contributed by atoms with Crippen LogP contribution in [0, 0.1) is 29.1 Å². The predicted molar refractivity (Wildman–Crippen MR) is 78.9 cm³/mol. The van der Waals surface area contributed by atoms with Crippen molar-refractivity contribution in [2.45, 2.75) is 57.9 Å². The monoisotopic (exact) mass is 276 g/mol. The van der Waals surface area contributed by atoms with E-state index in [1.807, 2.05) is 0 Å². The number of hydrogen-bond donors (Lipinski definition) is 1. The van der Waals surface area contributed by atoms with Crippen molar-refractivity contribution in [2.24, 2.45) is 34.8 Å². The summed E-state index contributed by atoms with van der Waals surface area (Å²) in [6, 6.07) is 0.182. The predicted octanol–water partition coefficient (Wildman–Crippen LogP) is 2.40. The standard InChI is InChI=1S/C17H28N2O/c1-11-2-3-19(10-15(11)18)16(20)17-7-12-4-13(8-17)6-14(5-12)9-17/h11-15H,2-10,18H2,1H3. The number of nitrogens with zero attached hydrogens (tertiary/aromatic N) is 1. The van der Waals surface area contributed by atoms with Crippen molar-refractivity contribution < 1.29 is 4.79 Å². The fraction of sp³-hybridized carbons (Fsp3) is 0.941. The smallest absolute Gasteiger partial charge is 0.228 e. The van der Waals surface area contributed by atoms with Crippen LogP contribution in [0.2, 0.25) is 0 Å². The van der Waals surface area contributed by atoms with Gasteiger partial charge in [-0.1, -0.05) is 6.92 Å². The third kappa shape index (κ3) is 1.93. The van der Waals surface area contributed by atoms with E-state index in [2.05, 4.69) is 11.8 Å². The normalized spacial score (nSPS) is 50.5. The van der Waals surface area contributed by atoms with Gasteiger partial charge >= 0.3 is 0 Å². The summed E-state index contributed by atoms with van der Waals surface area (Å²) >= 11 is 0. The molecule has 5 aliphatic rings. The van der Waals surface area contributed by atoms with Crippen LogP contribution in [0.1, 0.15) is 51.9 Å². The second-order valence-electron chi connectivity index (χ2n) is 8.38. The molecule has 2 N–H and O–H groups in total. The van der Waals surface area contributed by atoms with Crippen molar-refractivity contribution in [1.82, 2.24) is 4.90 Å². The van der Waals surface area contributed by atoms with Gasteiger partial charge in [-0.15, -0.1) is 0 Å². The highest BCUT2D eigenvalue weighted by Crippen LogP contribution is 2.60. The molecule has 0 radical (unpaired) electrons. The van der Waals surface area contributed by atoms with Gasteiger partial charge in [0, 0.05) is 19.1 Å². The van der Waals surface area contributed by atoms with Crippen LogP contribution in [-0.2, 0) is 4.79 Å². The van der Waals surface area contributed by atoms with Gasteiger partial charge in [0.25, 0.3) is 0 Å². The Morgan fingerprint density at radius 3 is 2.15 bits per heavy atom. The first-order chi connectivity index (χ1) is 9.56. The first-order valence-corrected chi connectivity index (χ1v) is 8.61. The lowest BCUT2D eigenvalue weighted by atomic mass is 9.49. The number of rotatable bonds is 1. The molecule has 0 spiro atoms. The van der Waals surface area contributed by atoms with Gasteiger partial charge in [-0.3, -0.25) is 4.79 Å². The highest BCUT2D eigenvalue weighted by Gasteiger charge is 2.55. The summed E-state index contributed by atoms with van der Waals surface area (Å²) in [6.45, 7) is 3.95. The van der Waals surface area contributed by atoms with Gasteiger partial charge in [-0.25, -0.2) is 0 Å². The van der Waals surface area contributed by atoms with Gasteiger partial charge in [-0.2, -0.15) is 0 Å². The minimum absolute atomic E-state index is 0.0229. The van der Waals surface area contributed by atoms with Crippen molar-refractivity contribution >= 4 is 5.91 Å². The summed E-state index contributed by atoms with van der Waals surface area (Å²) in [6.07, 6.45) is 8.84. The molecule has 0 aromatic rings. The lowest BCUT2D eigenvalue weighted by molar-refractivity contribution is -0.159. The van der Waals surface area contributed by atoms with Crippen molar-refractivity contribution in [2.75, 3.05) is 13.1 Å². The second kappa shape index (κ2) is 4.46. The largest absolute Gasteiger partial charge is 0.341 e. The summed E-state index contributed by atoms with van der Waals surface area (Å²) in [5, 5.41) is 0. The van der Waals surface area contributed by atoms with Crippen molar-refractivity contribution in [3.63, 3.8) is 0 Å². The van der Waals surface area contributed by atoms with Crippen LogP contribution in [-0.4, -0.2) is 29.9 Å². The van der Waals surface area contributed by atoms with Gasteiger partial charge in [0.05, 0.1) is 5.41 Å². The summed E-state index contributed by atoms with van der Waals surface area (Å²) in [7, 11) is 0. The molecule has 1 aliphatic heterocycles. The quantitative estimate of drug-likeness (QED) is 0.799. The van der Waals surface area contributed by atoms with E-state index in [-0.39, 0.29) is 11.5 Å². The molecule has 112 valence electrons. The molecule has 2 unspecified atom stereocenters. The number of carbonyl (C=O) groups excluding carboxylic acids is 1. The van der Waals surface area contributed by atoms with E-state index in [1.54, 1.807) is 0 Å². The van der Waals surface area contributed by atoms with E-state index < -0.39 is 0 Å². The van der Waals surface area contributed by atoms with Crippen LogP contribution in [0.5, 0.6) is 0 Å². The molecule has 2 atom stereocenters. The number of piperidine rings is 1. The first-order valence-electron chi connectivity index (χ1n) is 8.61. The molecule has 5 fully saturated rings. The Morgan fingerprint density at radius 2 is 1.65 bits per heavy atom. The van der Waals surface area contributed by atoms with Crippen molar-refractivity contribution in [1.29, 1.82) is 0 Å². The Balaban J connectivity index is 1.53. The number of nitrogens with two attached hydrogens (primary N) is 1. The molecule has 1 saturated heterocycles. The lowest BCUT2D eigenvalue weighted by Crippen LogP contribution is -2.58. The van der Waals surface area contributed by atoms with Crippen LogP contribution >= 0.6 is 0 Å². The van der Waals surface area contributed by atoms with Crippen LogP contribution in [0.4, 0.5) is 0 Å². The highest BCUT2D eigenvalue weighted by atomic mass is 16.2. The Hall–Kier alpha value is -0.570. The molecule has 4 bridgehead atoms. The highest BCUT2D eigenvalue weighted by molar-refractivity contribution is 5.83. The topological polar surface area (TPSA) is 46.3 Å². The maximum Gasteiger partial charge on any atom is 0.228 e. The van der Waals surface area contributed by atoms with Gasteiger partial charge in [0.15, 0.2) is 0 Å². The SMILES string of the molecule is CC1CCN(C(=O)C23CC4CC(CC(C4)C2)C3)CC1N. The molecular formula is C17H28N2O. The zero-order valence-electron chi connectivity index (χ0n) is 12.7. The maximum absolute atomic E-state index is 13.2. The van der Waals surface area contributed by atoms with Crippen molar-refractivity contribution in [3.8, 4) is 0 Å². The molecule has 4 aliphatic carbocycles. The van der Waals surface area contributed by atoms with E-state index in [4.69, 9.17) is 5.73 Å². The van der Waals surface area contributed by atoms with Crippen LogP contribution < -0.4 is 5.73 Å². The van der Waals surface area contributed by atoms with Crippen molar-refractivity contribution in [3.05, 3.63) is 0 Å². The van der Waals surface area contributed by atoms with Gasteiger partial charge in [-0.05, 0) is 68.6 Å². The molecular weight excluding hydrogens is 248 g/mol. The molecule has 4 saturated carbocycles. The number of likely N-dealkylation sites (tertiary alicyclic amines) is 1. The van der Waals surface area contributed by atoms with E-state index in [0.717, 1.165) is 37.3 Å². The number of hydrogen-bond acceptors (Lipinski definition) is 2. The third-order valence-corrected chi connectivity index (χ3v) is 6.80. The average Bonchev–Trinajstić information content (AvgIpc) is 2.39. The molecule has 5 rings (SSSR count). The third-order valence-electron chi connectivity index (χ3n) is 6.80. The molecule has 0 aromatic heterocycles. The summed E-state index contributed by atoms with van der Waals surface area (Å²) < 4.78 is 0. The van der Waals surface area contributed by atoms with Crippen LogP contribution in [0.15, 0.2) is 0 Å². The van der Waals surface area contributed by atoms with E-state index in [9.17, 15) is 4.79 Å². The molecule has 0 aromatic carbocycles. The van der Waals surface area contributed by atoms with Gasteiger partial charge in [0.2, 0.25) is 5.91 Å². The minimum atomic E-state index is 0.0229.